The molecule has 0 spiro atoms. The third-order valence-electron chi connectivity index (χ3n) is 2.77. The quantitative estimate of drug-likeness (QED) is 0.880. The van der Waals surface area contributed by atoms with Crippen LogP contribution in [0.2, 0.25) is 5.02 Å². The Morgan fingerprint density at radius 2 is 2.32 bits per heavy atom. The number of hydrogen-bond acceptors (Lipinski definition) is 3. The van der Waals surface area contributed by atoms with Gasteiger partial charge in [0.15, 0.2) is 0 Å². The SMILES string of the molecule is Cc1nn(Cc2sccc2C=CC(=O)O)c(C)c1Cl. The zero-order valence-corrected chi connectivity index (χ0v) is 12.1. The molecule has 1 N–H and O–H groups in total. The normalized spacial score (nSPS) is 11.3. The van der Waals surface area contributed by atoms with Crippen LogP contribution in [-0.4, -0.2) is 20.9 Å². The largest absolute Gasteiger partial charge is 0.478 e. The van der Waals surface area contributed by atoms with Crippen molar-refractivity contribution in [2.75, 3.05) is 0 Å². The minimum atomic E-state index is -0.952. The van der Waals surface area contributed by atoms with E-state index < -0.39 is 5.97 Å². The number of thiophene rings is 1. The first-order valence-electron chi connectivity index (χ1n) is 5.66. The van der Waals surface area contributed by atoms with E-state index in [-0.39, 0.29) is 0 Å². The summed E-state index contributed by atoms with van der Waals surface area (Å²) in [5.41, 5.74) is 2.62. The fraction of sp³-hybridized carbons (Fsp3) is 0.231. The van der Waals surface area contributed by atoms with E-state index >= 15 is 0 Å². The number of hydrogen-bond donors (Lipinski definition) is 1. The van der Waals surface area contributed by atoms with Crippen molar-refractivity contribution < 1.29 is 9.90 Å². The summed E-state index contributed by atoms with van der Waals surface area (Å²) in [4.78, 5) is 11.6. The van der Waals surface area contributed by atoms with E-state index in [0.717, 1.165) is 27.9 Å². The number of aliphatic carboxylic acids is 1. The van der Waals surface area contributed by atoms with Crippen molar-refractivity contribution in [3.63, 3.8) is 0 Å². The Hall–Kier alpha value is -1.59. The maximum absolute atomic E-state index is 10.5. The van der Waals surface area contributed by atoms with Crippen LogP contribution in [0.5, 0.6) is 0 Å². The average Bonchev–Trinajstić information content (AvgIpc) is 2.89. The molecule has 19 heavy (non-hydrogen) atoms. The molecule has 0 aromatic carbocycles. The Morgan fingerprint density at radius 1 is 1.58 bits per heavy atom. The lowest BCUT2D eigenvalue weighted by Gasteiger charge is -2.03. The van der Waals surface area contributed by atoms with Gasteiger partial charge < -0.3 is 5.11 Å². The van der Waals surface area contributed by atoms with Crippen molar-refractivity contribution >= 4 is 35.0 Å². The standard InChI is InChI=1S/C13H13ClN2O2S/c1-8-13(14)9(2)16(15-8)7-11-10(5-6-19-11)3-4-12(17)18/h3-6H,7H2,1-2H3,(H,17,18). The highest BCUT2D eigenvalue weighted by Crippen LogP contribution is 2.23. The van der Waals surface area contributed by atoms with E-state index in [0.29, 0.717) is 11.6 Å². The molecular formula is C13H13ClN2O2S. The molecule has 0 aliphatic rings. The highest BCUT2D eigenvalue weighted by molar-refractivity contribution is 7.10. The minimum Gasteiger partial charge on any atom is -0.478 e. The van der Waals surface area contributed by atoms with Gasteiger partial charge in [-0.2, -0.15) is 5.10 Å². The Bertz CT molecular complexity index is 643. The van der Waals surface area contributed by atoms with Gasteiger partial charge in [0.05, 0.1) is 23.0 Å². The van der Waals surface area contributed by atoms with Crippen LogP contribution >= 0.6 is 22.9 Å². The molecule has 100 valence electrons. The van der Waals surface area contributed by atoms with E-state index in [1.54, 1.807) is 17.4 Å². The van der Waals surface area contributed by atoms with Crippen molar-refractivity contribution in [1.29, 1.82) is 0 Å². The summed E-state index contributed by atoms with van der Waals surface area (Å²) in [7, 11) is 0. The van der Waals surface area contributed by atoms with Crippen molar-refractivity contribution in [2.24, 2.45) is 0 Å². The molecule has 0 atom stereocenters. The molecule has 6 heteroatoms. The monoisotopic (exact) mass is 296 g/mol. The fourth-order valence-corrected chi connectivity index (χ4v) is 2.74. The van der Waals surface area contributed by atoms with Gasteiger partial charge in [-0.3, -0.25) is 4.68 Å². The van der Waals surface area contributed by atoms with Crippen LogP contribution in [0, 0.1) is 13.8 Å². The van der Waals surface area contributed by atoms with Crippen LogP contribution < -0.4 is 0 Å². The average molecular weight is 297 g/mol. The molecule has 2 aromatic heterocycles. The molecule has 2 heterocycles. The molecule has 0 radical (unpaired) electrons. The summed E-state index contributed by atoms with van der Waals surface area (Å²) in [6, 6.07) is 1.90. The van der Waals surface area contributed by atoms with Gasteiger partial charge in [-0.05, 0) is 36.9 Å². The van der Waals surface area contributed by atoms with Crippen molar-refractivity contribution in [3.8, 4) is 0 Å². The summed E-state index contributed by atoms with van der Waals surface area (Å²) >= 11 is 7.68. The summed E-state index contributed by atoms with van der Waals surface area (Å²) < 4.78 is 1.83. The van der Waals surface area contributed by atoms with Crippen LogP contribution in [0.15, 0.2) is 17.5 Å². The van der Waals surface area contributed by atoms with E-state index in [1.165, 1.54) is 0 Å². The smallest absolute Gasteiger partial charge is 0.328 e. The maximum Gasteiger partial charge on any atom is 0.328 e. The molecule has 0 saturated heterocycles. The Balaban J connectivity index is 2.27. The molecule has 0 aliphatic carbocycles. The number of carbonyl (C=O) groups is 1. The van der Waals surface area contributed by atoms with E-state index in [4.69, 9.17) is 16.7 Å². The summed E-state index contributed by atoms with van der Waals surface area (Å²) in [5, 5.41) is 15.6. The Morgan fingerprint density at radius 3 is 2.89 bits per heavy atom. The van der Waals surface area contributed by atoms with Crippen molar-refractivity contribution in [3.05, 3.63) is 44.4 Å². The molecule has 0 saturated carbocycles. The summed E-state index contributed by atoms with van der Waals surface area (Å²) in [6.07, 6.45) is 2.74. The van der Waals surface area contributed by atoms with Gasteiger partial charge >= 0.3 is 5.97 Å². The number of rotatable bonds is 4. The molecule has 0 unspecified atom stereocenters. The Kier molecular flexibility index (Phi) is 4.07. The van der Waals surface area contributed by atoms with Crippen LogP contribution in [0.25, 0.3) is 6.08 Å². The second-order valence-corrected chi connectivity index (χ2v) is 5.49. The first kappa shape index (κ1) is 13.8. The predicted octanol–water partition coefficient (Wildman–Crippen LogP) is 3.36. The minimum absolute atomic E-state index is 0.594. The topological polar surface area (TPSA) is 55.1 Å². The predicted molar refractivity (Wildman–Crippen MR) is 76.8 cm³/mol. The number of aryl methyl sites for hydroxylation is 1. The number of carboxylic acid groups (broad SMARTS) is 1. The lowest BCUT2D eigenvalue weighted by molar-refractivity contribution is -0.131. The van der Waals surface area contributed by atoms with Gasteiger partial charge in [0.1, 0.15) is 0 Å². The number of carboxylic acids is 1. The molecule has 2 rings (SSSR count). The second kappa shape index (κ2) is 5.59. The lowest BCUT2D eigenvalue weighted by atomic mass is 10.2. The zero-order chi connectivity index (χ0) is 14.0. The van der Waals surface area contributed by atoms with E-state index in [1.807, 2.05) is 30.0 Å². The van der Waals surface area contributed by atoms with E-state index in [9.17, 15) is 4.79 Å². The van der Waals surface area contributed by atoms with Gasteiger partial charge in [-0.15, -0.1) is 11.3 Å². The number of aromatic nitrogens is 2. The highest BCUT2D eigenvalue weighted by Gasteiger charge is 2.11. The first-order valence-corrected chi connectivity index (χ1v) is 6.91. The van der Waals surface area contributed by atoms with Gasteiger partial charge in [-0.1, -0.05) is 11.6 Å². The van der Waals surface area contributed by atoms with Gasteiger partial charge in [0, 0.05) is 11.0 Å². The van der Waals surface area contributed by atoms with Gasteiger partial charge in [-0.25, -0.2) is 4.79 Å². The molecule has 0 amide bonds. The van der Waals surface area contributed by atoms with Crippen LogP contribution in [0.1, 0.15) is 21.8 Å². The van der Waals surface area contributed by atoms with Crippen molar-refractivity contribution in [2.45, 2.75) is 20.4 Å². The molecular weight excluding hydrogens is 284 g/mol. The van der Waals surface area contributed by atoms with Crippen molar-refractivity contribution in [1.82, 2.24) is 9.78 Å². The number of nitrogens with zero attached hydrogens (tertiary/aromatic N) is 2. The molecule has 0 aliphatic heterocycles. The maximum atomic E-state index is 10.5. The van der Waals surface area contributed by atoms with Crippen LogP contribution in [0.4, 0.5) is 0 Å². The summed E-state index contributed by atoms with van der Waals surface area (Å²) in [6.45, 7) is 4.38. The van der Waals surface area contributed by atoms with Gasteiger partial charge in [0.2, 0.25) is 0 Å². The Labute approximate surface area is 119 Å². The second-order valence-electron chi connectivity index (χ2n) is 4.11. The highest BCUT2D eigenvalue weighted by atomic mass is 35.5. The summed E-state index contributed by atoms with van der Waals surface area (Å²) in [5.74, 6) is -0.952. The van der Waals surface area contributed by atoms with Crippen LogP contribution in [0.3, 0.4) is 0 Å². The third-order valence-corrected chi connectivity index (χ3v) is 4.24. The van der Waals surface area contributed by atoms with E-state index in [2.05, 4.69) is 5.10 Å². The van der Waals surface area contributed by atoms with Crippen LogP contribution in [-0.2, 0) is 11.3 Å². The molecule has 4 nitrogen and oxygen atoms in total. The zero-order valence-electron chi connectivity index (χ0n) is 10.6. The lowest BCUT2D eigenvalue weighted by Crippen LogP contribution is -2.03. The van der Waals surface area contributed by atoms with Gasteiger partial charge in [0.25, 0.3) is 0 Å². The first-order chi connectivity index (χ1) is 8.99. The number of halogens is 1. The molecule has 0 fully saturated rings. The molecule has 2 aromatic rings. The molecule has 0 bridgehead atoms. The fourth-order valence-electron chi connectivity index (χ4n) is 1.75. The third kappa shape index (κ3) is 3.05.